The van der Waals surface area contributed by atoms with Crippen LogP contribution in [0.1, 0.15) is 89.2 Å². The summed E-state index contributed by atoms with van der Waals surface area (Å²) in [7, 11) is 0. The number of carboxylic acid groups (broad SMARTS) is 1. The molecule has 4 nitrogen and oxygen atoms in total. The van der Waals surface area contributed by atoms with Gasteiger partial charge in [0.1, 0.15) is 0 Å². The Morgan fingerprint density at radius 3 is 1.61 bits per heavy atom. The first-order valence-corrected chi connectivity index (χ1v) is 12.4. The molecule has 0 amide bonds. The molecule has 0 aliphatic rings. The average Bonchev–Trinajstić information content (AvgIpc) is 2.82. The van der Waals surface area contributed by atoms with Crippen molar-refractivity contribution in [3.8, 4) is 0 Å². The number of carboxylic acids is 1. The molecular formula is C29H42O4. The Kier molecular flexibility index (Phi) is 11.1. The van der Waals surface area contributed by atoms with Crippen molar-refractivity contribution in [3.63, 3.8) is 0 Å². The summed E-state index contributed by atoms with van der Waals surface area (Å²) in [5.74, 6) is -0.764. The molecule has 3 N–H and O–H groups in total. The summed E-state index contributed by atoms with van der Waals surface area (Å²) in [4.78, 5) is 11.2. The second kappa shape index (κ2) is 13.5. The van der Waals surface area contributed by atoms with Crippen LogP contribution in [-0.2, 0) is 15.6 Å². The molecule has 0 saturated carbocycles. The maximum atomic E-state index is 11.2. The molecule has 3 unspecified atom stereocenters. The number of benzene rings is 2. The van der Waals surface area contributed by atoms with Gasteiger partial charge in [0.05, 0.1) is 6.10 Å². The second-order valence-electron chi connectivity index (χ2n) is 10.0. The Morgan fingerprint density at radius 1 is 0.758 bits per heavy atom. The topological polar surface area (TPSA) is 77.8 Å². The Balaban J connectivity index is 1.86. The molecular weight excluding hydrogens is 412 g/mol. The zero-order chi connectivity index (χ0) is 24.2. The van der Waals surface area contributed by atoms with E-state index in [0.29, 0.717) is 6.42 Å². The van der Waals surface area contributed by atoms with Gasteiger partial charge in [-0.1, -0.05) is 87.4 Å². The number of aliphatic hydroxyl groups excluding tert-OH is 2. The van der Waals surface area contributed by atoms with E-state index in [1.807, 2.05) is 24.3 Å². The van der Waals surface area contributed by atoms with E-state index in [4.69, 9.17) is 0 Å². The van der Waals surface area contributed by atoms with Gasteiger partial charge in [0, 0.05) is 13.0 Å². The minimum absolute atomic E-state index is 0.00637. The lowest BCUT2D eigenvalue weighted by atomic mass is 9.74. The smallest absolute Gasteiger partial charge is 0.303 e. The van der Waals surface area contributed by atoms with Gasteiger partial charge in [-0.3, -0.25) is 4.79 Å². The molecule has 2 aromatic carbocycles. The molecule has 3 atom stereocenters. The molecule has 0 fully saturated rings. The third-order valence-electron chi connectivity index (χ3n) is 7.25. The third kappa shape index (κ3) is 8.94. The first-order valence-electron chi connectivity index (χ1n) is 12.4. The van der Waals surface area contributed by atoms with Crippen LogP contribution in [0.4, 0.5) is 0 Å². The SMILES string of the molecule is CC(CCCO)(CCCC(O)CCCC(C)(CCC(=O)O)c1ccccc1)c1ccccc1. The fourth-order valence-electron chi connectivity index (χ4n) is 4.96. The van der Waals surface area contributed by atoms with Crippen LogP contribution in [-0.4, -0.2) is 34.0 Å². The zero-order valence-corrected chi connectivity index (χ0v) is 20.4. The number of carbonyl (C=O) groups is 1. The van der Waals surface area contributed by atoms with E-state index in [1.165, 1.54) is 11.1 Å². The van der Waals surface area contributed by atoms with Crippen LogP contribution in [0.25, 0.3) is 0 Å². The Bertz CT molecular complexity index is 807. The van der Waals surface area contributed by atoms with Crippen molar-refractivity contribution in [2.75, 3.05) is 6.61 Å². The highest BCUT2D eigenvalue weighted by atomic mass is 16.4. The van der Waals surface area contributed by atoms with Crippen LogP contribution < -0.4 is 0 Å². The lowest BCUT2D eigenvalue weighted by Gasteiger charge is -2.31. The van der Waals surface area contributed by atoms with Gasteiger partial charge >= 0.3 is 5.97 Å². The van der Waals surface area contributed by atoms with Gasteiger partial charge in [0.25, 0.3) is 0 Å². The van der Waals surface area contributed by atoms with Crippen molar-refractivity contribution in [1.82, 2.24) is 0 Å². The second-order valence-corrected chi connectivity index (χ2v) is 10.0. The molecule has 0 radical (unpaired) electrons. The van der Waals surface area contributed by atoms with E-state index >= 15 is 0 Å². The maximum Gasteiger partial charge on any atom is 0.303 e. The van der Waals surface area contributed by atoms with Crippen LogP contribution in [0, 0.1) is 0 Å². The minimum atomic E-state index is -0.764. The van der Waals surface area contributed by atoms with Crippen LogP contribution in [0.5, 0.6) is 0 Å². The van der Waals surface area contributed by atoms with Gasteiger partial charge in [-0.05, 0) is 66.9 Å². The Labute approximate surface area is 199 Å². The monoisotopic (exact) mass is 454 g/mol. The largest absolute Gasteiger partial charge is 0.481 e. The predicted molar refractivity (Wildman–Crippen MR) is 134 cm³/mol. The maximum absolute atomic E-state index is 11.2. The van der Waals surface area contributed by atoms with Gasteiger partial charge in [0.2, 0.25) is 0 Å². The van der Waals surface area contributed by atoms with Gasteiger partial charge in [-0.25, -0.2) is 0 Å². The van der Waals surface area contributed by atoms with E-state index in [0.717, 1.165) is 51.4 Å². The zero-order valence-electron chi connectivity index (χ0n) is 20.4. The number of hydrogen-bond donors (Lipinski definition) is 3. The molecule has 0 spiro atoms. The van der Waals surface area contributed by atoms with Gasteiger partial charge in [-0.15, -0.1) is 0 Å². The quantitative estimate of drug-likeness (QED) is 0.280. The molecule has 182 valence electrons. The summed E-state index contributed by atoms with van der Waals surface area (Å²) in [5.41, 5.74) is 2.27. The lowest BCUT2D eigenvalue weighted by molar-refractivity contribution is -0.137. The van der Waals surface area contributed by atoms with E-state index in [9.17, 15) is 20.1 Å². The van der Waals surface area contributed by atoms with E-state index in [2.05, 4.69) is 50.2 Å². The van der Waals surface area contributed by atoms with Crippen LogP contribution in [0.2, 0.25) is 0 Å². The van der Waals surface area contributed by atoms with Crippen LogP contribution >= 0.6 is 0 Å². The molecule has 0 heterocycles. The number of aliphatic hydroxyl groups is 2. The minimum Gasteiger partial charge on any atom is -0.481 e. The molecule has 2 rings (SSSR count). The molecule has 4 heteroatoms. The number of aliphatic carboxylic acids is 1. The normalized spacial score (nSPS) is 16.0. The molecule has 0 bridgehead atoms. The summed E-state index contributed by atoms with van der Waals surface area (Å²) < 4.78 is 0. The van der Waals surface area contributed by atoms with Crippen molar-refractivity contribution in [2.24, 2.45) is 0 Å². The Morgan fingerprint density at radius 2 is 1.18 bits per heavy atom. The van der Waals surface area contributed by atoms with Gasteiger partial charge in [-0.2, -0.15) is 0 Å². The molecule has 33 heavy (non-hydrogen) atoms. The summed E-state index contributed by atoms with van der Waals surface area (Å²) in [5, 5.41) is 29.2. The Hall–Kier alpha value is -2.17. The highest BCUT2D eigenvalue weighted by molar-refractivity contribution is 5.66. The van der Waals surface area contributed by atoms with E-state index in [1.54, 1.807) is 0 Å². The number of hydrogen-bond acceptors (Lipinski definition) is 3. The molecule has 0 aromatic heterocycles. The first kappa shape index (κ1) is 27.1. The molecule has 0 aliphatic carbocycles. The summed E-state index contributed by atoms with van der Waals surface area (Å²) in [6.45, 7) is 4.61. The molecule has 2 aromatic rings. The average molecular weight is 455 g/mol. The lowest BCUT2D eigenvalue weighted by Crippen LogP contribution is -2.24. The van der Waals surface area contributed by atoms with Gasteiger partial charge in [0.15, 0.2) is 0 Å². The molecule has 0 saturated heterocycles. The van der Waals surface area contributed by atoms with Crippen LogP contribution in [0.15, 0.2) is 60.7 Å². The third-order valence-corrected chi connectivity index (χ3v) is 7.25. The van der Waals surface area contributed by atoms with Crippen LogP contribution in [0.3, 0.4) is 0 Å². The first-order chi connectivity index (χ1) is 15.8. The highest BCUT2D eigenvalue weighted by Crippen LogP contribution is 2.36. The van der Waals surface area contributed by atoms with Gasteiger partial charge < -0.3 is 15.3 Å². The fourth-order valence-corrected chi connectivity index (χ4v) is 4.96. The van der Waals surface area contributed by atoms with E-state index in [-0.39, 0.29) is 30.0 Å². The summed E-state index contributed by atoms with van der Waals surface area (Å²) >= 11 is 0. The van der Waals surface area contributed by atoms with Crippen molar-refractivity contribution in [3.05, 3.63) is 71.8 Å². The summed E-state index contributed by atoms with van der Waals surface area (Å²) in [6.07, 6.45) is 7.26. The highest BCUT2D eigenvalue weighted by Gasteiger charge is 2.28. The van der Waals surface area contributed by atoms with Crippen molar-refractivity contribution in [1.29, 1.82) is 0 Å². The predicted octanol–water partition coefficient (Wildman–Crippen LogP) is 6.24. The standard InChI is InChI=1S/C29H42O4/c1-28(21-11-23-30,24-12-5-3-6-13-24)19-9-16-26(31)17-10-20-29(2,22-18-27(32)33)25-14-7-4-8-15-25/h3-8,12-15,26,30-31H,9-11,16-23H2,1-2H3,(H,32,33). The van der Waals surface area contributed by atoms with E-state index < -0.39 is 5.97 Å². The number of rotatable bonds is 16. The van der Waals surface area contributed by atoms with Crippen molar-refractivity contribution in [2.45, 2.75) is 95.0 Å². The van der Waals surface area contributed by atoms with Crippen molar-refractivity contribution < 1.29 is 20.1 Å². The summed E-state index contributed by atoms with van der Waals surface area (Å²) in [6, 6.07) is 20.6. The molecule has 0 aliphatic heterocycles. The fraction of sp³-hybridized carbons (Fsp3) is 0.552. The van der Waals surface area contributed by atoms with Crippen molar-refractivity contribution >= 4 is 5.97 Å².